The summed E-state index contributed by atoms with van der Waals surface area (Å²) in [5, 5.41) is 11.2. The van der Waals surface area contributed by atoms with E-state index in [2.05, 4.69) is 26.4 Å². The summed E-state index contributed by atoms with van der Waals surface area (Å²) in [6.07, 6.45) is 0. The minimum atomic E-state index is -0.710. The molecule has 10 nitrogen and oxygen atoms in total. The van der Waals surface area contributed by atoms with E-state index in [4.69, 9.17) is 10.5 Å². The van der Waals surface area contributed by atoms with Gasteiger partial charge in [-0.1, -0.05) is 12.1 Å². The van der Waals surface area contributed by atoms with Gasteiger partial charge in [-0.2, -0.15) is 10.2 Å². The van der Waals surface area contributed by atoms with Crippen molar-refractivity contribution in [1.82, 2.24) is 10.9 Å². The molecule has 1 unspecified atom stereocenters. The molecule has 1 atom stereocenters. The number of nitrogens with one attached hydrogen (secondary N) is 3. The number of fused-ring (bicyclic) bond motifs is 3. The number of anilines is 2. The molecule has 10 heteroatoms. The number of hydrazine groups is 1. The van der Waals surface area contributed by atoms with E-state index in [1.165, 1.54) is 12.1 Å². The average Bonchev–Trinajstić information content (AvgIpc) is 3.43. The number of amides is 3. The van der Waals surface area contributed by atoms with Gasteiger partial charge in [0, 0.05) is 16.8 Å². The van der Waals surface area contributed by atoms with Gasteiger partial charge in [-0.3, -0.25) is 15.0 Å². The quantitative estimate of drug-likeness (QED) is 0.339. The Morgan fingerprint density at radius 1 is 0.971 bits per heavy atom. The summed E-state index contributed by atoms with van der Waals surface area (Å²) in [4.78, 5) is 38.1. The van der Waals surface area contributed by atoms with Crippen molar-refractivity contribution in [1.29, 1.82) is 0 Å². The molecule has 5 N–H and O–H groups in total. The molecule has 0 bridgehead atoms. The van der Waals surface area contributed by atoms with Gasteiger partial charge in [0.25, 0.3) is 5.91 Å². The Balaban J connectivity index is 1.34. The summed E-state index contributed by atoms with van der Waals surface area (Å²) >= 11 is 0. The minimum Gasteiger partial charge on any atom is -0.497 e. The number of carbonyl (C=O) groups excluding carboxylic acids is 3. The zero-order chi connectivity index (χ0) is 24.5. The number of Topliss-reactive ketones (excluding diaryl/α,β-unsaturated/α-hetero) is 1. The van der Waals surface area contributed by atoms with E-state index in [1.807, 2.05) is 12.1 Å². The third-order valence-electron chi connectivity index (χ3n) is 5.74. The number of nitrogen functional groups attached to an aromatic ring is 1. The molecular weight excluding hydrogens is 448 g/mol. The normalized spacial score (nSPS) is 15.5. The number of azo groups is 1. The number of urea groups is 1. The van der Waals surface area contributed by atoms with Gasteiger partial charge in [0.05, 0.1) is 23.9 Å². The first kappa shape index (κ1) is 21.8. The van der Waals surface area contributed by atoms with Crippen LogP contribution in [-0.2, 0) is 0 Å². The lowest BCUT2D eigenvalue weighted by molar-refractivity contribution is 0.0937. The fraction of sp³-hybridized carbons (Fsp3) is 0.0800. The molecule has 0 radical (unpaired) electrons. The van der Waals surface area contributed by atoms with Gasteiger partial charge in [-0.15, -0.1) is 0 Å². The van der Waals surface area contributed by atoms with Crippen LogP contribution in [0, 0.1) is 0 Å². The lowest BCUT2D eigenvalue weighted by atomic mass is 10.0. The van der Waals surface area contributed by atoms with Gasteiger partial charge in [0.2, 0.25) is 0 Å². The summed E-state index contributed by atoms with van der Waals surface area (Å²) in [5.41, 5.74) is 14.1. The van der Waals surface area contributed by atoms with Gasteiger partial charge in [-0.05, 0) is 60.2 Å². The predicted molar refractivity (Wildman–Crippen MR) is 129 cm³/mol. The molecule has 1 heterocycles. The van der Waals surface area contributed by atoms with E-state index < -0.39 is 18.0 Å². The van der Waals surface area contributed by atoms with Crippen LogP contribution in [0.15, 0.2) is 82.5 Å². The largest absolute Gasteiger partial charge is 0.497 e. The number of rotatable bonds is 4. The average molecular weight is 468 g/mol. The Morgan fingerprint density at radius 3 is 2.43 bits per heavy atom. The zero-order valence-electron chi connectivity index (χ0n) is 18.5. The number of hydrogen-bond acceptors (Lipinski definition) is 7. The number of carbonyl (C=O) groups is 3. The second-order valence-corrected chi connectivity index (χ2v) is 7.86. The fourth-order valence-electron chi connectivity index (χ4n) is 4.03. The minimum absolute atomic E-state index is 0.261. The van der Waals surface area contributed by atoms with Crippen molar-refractivity contribution in [3.63, 3.8) is 0 Å². The van der Waals surface area contributed by atoms with Crippen molar-refractivity contribution in [3.8, 4) is 5.75 Å². The van der Waals surface area contributed by atoms with Gasteiger partial charge < -0.3 is 15.8 Å². The molecule has 0 saturated carbocycles. The number of nitrogens with zero attached hydrogens (tertiary/aromatic N) is 2. The van der Waals surface area contributed by atoms with E-state index in [-0.39, 0.29) is 5.78 Å². The molecule has 2 aliphatic rings. The molecule has 1 aliphatic carbocycles. The molecule has 0 spiro atoms. The Hall–Kier alpha value is -4.99. The van der Waals surface area contributed by atoms with Crippen molar-refractivity contribution < 1.29 is 19.1 Å². The highest BCUT2D eigenvalue weighted by molar-refractivity contribution is 6.22. The molecule has 1 aliphatic heterocycles. The van der Waals surface area contributed by atoms with Crippen molar-refractivity contribution in [2.75, 3.05) is 18.2 Å². The van der Waals surface area contributed by atoms with Crippen LogP contribution in [0.1, 0.15) is 37.9 Å². The van der Waals surface area contributed by atoms with E-state index in [0.717, 1.165) is 5.56 Å². The number of hydrogen-bond donors (Lipinski definition) is 4. The molecule has 3 amide bonds. The first-order valence-corrected chi connectivity index (χ1v) is 10.7. The van der Waals surface area contributed by atoms with Crippen LogP contribution in [0.2, 0.25) is 0 Å². The fourth-order valence-corrected chi connectivity index (χ4v) is 4.03. The topological polar surface area (TPSA) is 147 Å². The maximum absolute atomic E-state index is 13.4. The summed E-state index contributed by atoms with van der Waals surface area (Å²) in [6.45, 7) is 0. The predicted octanol–water partition coefficient (Wildman–Crippen LogP) is 3.86. The maximum atomic E-state index is 13.4. The van der Waals surface area contributed by atoms with Gasteiger partial charge in [0.15, 0.2) is 5.78 Å². The van der Waals surface area contributed by atoms with Gasteiger partial charge in [-0.25, -0.2) is 10.2 Å². The molecular formula is C25H20N6O4. The molecule has 3 aromatic rings. The van der Waals surface area contributed by atoms with Crippen LogP contribution in [0.5, 0.6) is 5.75 Å². The first-order valence-electron chi connectivity index (χ1n) is 10.7. The standard InChI is InChI=1S/C25H20N6O4/c1-35-16-11-7-13(8-12-16)21-20-22(29-28-21)17-3-2-4-18(19(17)23(20)32)27-25(34)31-30-24(33)14-5-9-15(26)10-6-14/h2-12,22H,26H2,1H3,(H,30,33)(H2,27,31,34). The van der Waals surface area contributed by atoms with Crippen LogP contribution < -0.4 is 26.6 Å². The second-order valence-electron chi connectivity index (χ2n) is 7.86. The van der Waals surface area contributed by atoms with Crippen molar-refractivity contribution in [3.05, 3.63) is 94.6 Å². The highest BCUT2D eigenvalue weighted by Gasteiger charge is 2.42. The molecule has 3 aromatic carbocycles. The SMILES string of the molecule is COc1ccc(C2=C3C(=O)c4c(NC(=O)NNC(=O)c5ccc(N)cc5)cccc4C3N=N2)cc1. The second kappa shape index (κ2) is 8.75. The van der Waals surface area contributed by atoms with Crippen LogP contribution in [0.3, 0.4) is 0 Å². The van der Waals surface area contributed by atoms with E-state index in [9.17, 15) is 14.4 Å². The van der Waals surface area contributed by atoms with E-state index in [0.29, 0.717) is 45.1 Å². The summed E-state index contributed by atoms with van der Waals surface area (Å²) in [5.74, 6) is -0.0887. The molecule has 174 valence electrons. The van der Waals surface area contributed by atoms with Crippen LogP contribution in [-0.4, -0.2) is 24.8 Å². The molecule has 35 heavy (non-hydrogen) atoms. The maximum Gasteiger partial charge on any atom is 0.337 e. The molecule has 0 saturated heterocycles. The van der Waals surface area contributed by atoms with Crippen LogP contribution in [0.25, 0.3) is 5.70 Å². The molecule has 5 rings (SSSR count). The Bertz CT molecular complexity index is 1410. The highest BCUT2D eigenvalue weighted by Crippen LogP contribution is 2.48. The van der Waals surface area contributed by atoms with Crippen molar-refractivity contribution >= 4 is 34.8 Å². The Morgan fingerprint density at radius 2 is 1.71 bits per heavy atom. The number of ether oxygens (including phenoxy) is 1. The number of nitrogens with two attached hydrogens (primary N) is 1. The highest BCUT2D eigenvalue weighted by atomic mass is 16.5. The molecule has 0 aromatic heterocycles. The smallest absolute Gasteiger partial charge is 0.337 e. The Labute approximate surface area is 199 Å². The van der Waals surface area contributed by atoms with E-state index in [1.54, 1.807) is 49.6 Å². The van der Waals surface area contributed by atoms with Crippen molar-refractivity contribution in [2.45, 2.75) is 6.04 Å². The van der Waals surface area contributed by atoms with Crippen molar-refractivity contribution in [2.24, 2.45) is 10.2 Å². The third-order valence-corrected chi connectivity index (χ3v) is 5.74. The third kappa shape index (κ3) is 3.97. The first-order chi connectivity index (χ1) is 17.0. The lowest BCUT2D eigenvalue weighted by Crippen LogP contribution is -2.44. The van der Waals surface area contributed by atoms with Crippen LogP contribution >= 0.6 is 0 Å². The van der Waals surface area contributed by atoms with Crippen LogP contribution in [0.4, 0.5) is 16.2 Å². The van der Waals surface area contributed by atoms with Gasteiger partial charge in [0.1, 0.15) is 17.5 Å². The summed E-state index contributed by atoms with van der Waals surface area (Å²) < 4.78 is 5.19. The summed E-state index contributed by atoms with van der Waals surface area (Å²) in [6, 6.07) is 17.3. The number of methoxy groups -OCH3 is 1. The van der Waals surface area contributed by atoms with Gasteiger partial charge >= 0.3 is 6.03 Å². The van der Waals surface area contributed by atoms with E-state index >= 15 is 0 Å². The summed E-state index contributed by atoms with van der Waals surface area (Å²) in [7, 11) is 1.58. The zero-order valence-corrected chi connectivity index (χ0v) is 18.5. The Kier molecular flexibility index (Phi) is 5.46. The lowest BCUT2D eigenvalue weighted by Gasteiger charge is -2.12. The number of ketones is 1. The molecule has 0 fully saturated rings. The monoisotopic (exact) mass is 468 g/mol. The number of benzene rings is 3.